The molecule has 3 nitrogen and oxygen atoms in total. The van der Waals surface area contributed by atoms with Gasteiger partial charge in [-0.3, -0.25) is 4.21 Å². The molecule has 0 aromatic carbocycles. The van der Waals surface area contributed by atoms with Crippen molar-refractivity contribution in [1.29, 1.82) is 0 Å². The van der Waals surface area contributed by atoms with Gasteiger partial charge in [0.2, 0.25) is 0 Å². The van der Waals surface area contributed by atoms with Crippen molar-refractivity contribution < 1.29 is 38.3 Å². The summed E-state index contributed by atoms with van der Waals surface area (Å²) < 4.78 is 21.1. The molecule has 0 rings (SSSR count). The van der Waals surface area contributed by atoms with E-state index in [0.29, 0.717) is 6.54 Å². The van der Waals surface area contributed by atoms with Crippen molar-refractivity contribution in [1.82, 2.24) is 4.72 Å². The Hall–Kier alpha value is 1.07. The molecule has 7 heavy (non-hydrogen) atoms. The van der Waals surface area contributed by atoms with Gasteiger partial charge in [-0.05, 0) is 0 Å². The van der Waals surface area contributed by atoms with Gasteiger partial charge < -0.3 is 4.55 Å². The van der Waals surface area contributed by atoms with Crippen LogP contribution in [0.1, 0.15) is 6.92 Å². The smallest absolute Gasteiger partial charge is 0.760 e. The maximum absolute atomic E-state index is 9.49. The third kappa shape index (κ3) is 11.0. The van der Waals surface area contributed by atoms with Crippen LogP contribution in [0.15, 0.2) is 0 Å². The van der Waals surface area contributed by atoms with Crippen LogP contribution in [0.4, 0.5) is 0 Å². The molecule has 0 spiro atoms. The summed E-state index contributed by atoms with van der Waals surface area (Å²) in [5, 5.41) is 0. The molecule has 0 amide bonds. The zero-order chi connectivity index (χ0) is 4.99. The second-order valence-corrected chi connectivity index (χ2v) is 1.49. The van der Waals surface area contributed by atoms with Crippen LogP contribution in [0.5, 0.6) is 0 Å². The second-order valence-electron chi connectivity index (χ2n) is 0.733. The minimum Gasteiger partial charge on any atom is -0.760 e. The number of rotatable bonds is 2. The van der Waals surface area contributed by atoms with E-state index in [0.717, 1.165) is 0 Å². The Morgan fingerprint density at radius 1 is 1.86 bits per heavy atom. The first-order valence-corrected chi connectivity index (χ1v) is 2.67. The summed E-state index contributed by atoms with van der Waals surface area (Å²) in [6, 6.07) is 0. The standard InChI is InChI=1S/C2H7NO2S.Na/c1-2-3-6(4)5;/h3H,2H2,1H3,(H,4,5);/q;+1/p-1. The molecule has 0 heterocycles. The molecule has 0 aromatic rings. The van der Waals surface area contributed by atoms with Crippen LogP contribution in [-0.4, -0.2) is 15.3 Å². The Morgan fingerprint density at radius 3 is 2.29 bits per heavy atom. The van der Waals surface area contributed by atoms with Gasteiger partial charge in [0, 0.05) is 17.8 Å². The van der Waals surface area contributed by atoms with Crippen LogP contribution in [-0.2, 0) is 11.3 Å². The van der Waals surface area contributed by atoms with Crippen LogP contribution in [0.3, 0.4) is 0 Å². The molecule has 5 heteroatoms. The molecule has 1 N–H and O–H groups in total. The summed E-state index contributed by atoms with van der Waals surface area (Å²) >= 11 is -2.07. The van der Waals surface area contributed by atoms with E-state index in [-0.39, 0.29) is 29.6 Å². The van der Waals surface area contributed by atoms with E-state index in [1.807, 2.05) is 0 Å². The van der Waals surface area contributed by atoms with E-state index in [1.165, 1.54) is 0 Å². The van der Waals surface area contributed by atoms with Crippen molar-refractivity contribution in [2.24, 2.45) is 0 Å². The number of nitrogens with one attached hydrogen (secondary N) is 1. The molecule has 38 valence electrons. The van der Waals surface area contributed by atoms with Crippen molar-refractivity contribution >= 4 is 11.3 Å². The van der Waals surface area contributed by atoms with Gasteiger partial charge in [-0.2, -0.15) is 0 Å². The molecule has 0 radical (unpaired) electrons. The summed E-state index contributed by atoms with van der Waals surface area (Å²) in [5.41, 5.74) is 0. The third-order valence-corrected chi connectivity index (χ3v) is 0.787. The molecule has 0 aromatic heterocycles. The molecule has 1 unspecified atom stereocenters. The predicted molar refractivity (Wildman–Crippen MR) is 22.6 cm³/mol. The second kappa shape index (κ2) is 7.07. The molecule has 0 aliphatic carbocycles. The van der Waals surface area contributed by atoms with Gasteiger partial charge in [0.05, 0.1) is 0 Å². The van der Waals surface area contributed by atoms with Crippen LogP contribution >= 0.6 is 0 Å². The molecule has 0 bridgehead atoms. The Labute approximate surface area is 67.6 Å². The maximum Gasteiger partial charge on any atom is 1.00 e. The number of hydrogen-bond acceptors (Lipinski definition) is 2. The minimum atomic E-state index is -2.07. The van der Waals surface area contributed by atoms with Gasteiger partial charge in [-0.25, -0.2) is 4.72 Å². The quantitative estimate of drug-likeness (QED) is 0.311. The fourth-order valence-electron chi connectivity index (χ4n) is 0.118. The first kappa shape index (κ1) is 10.9. The number of hydrogen-bond donors (Lipinski definition) is 1. The maximum atomic E-state index is 9.49. The predicted octanol–water partition coefficient (Wildman–Crippen LogP) is -3.61. The Morgan fingerprint density at radius 2 is 2.29 bits per heavy atom. The largest absolute Gasteiger partial charge is 1.00 e. The first-order valence-electron chi connectivity index (χ1n) is 1.60. The van der Waals surface area contributed by atoms with Crippen molar-refractivity contribution in [3.05, 3.63) is 0 Å². The Balaban J connectivity index is 0. The first-order chi connectivity index (χ1) is 2.77. The van der Waals surface area contributed by atoms with E-state index in [1.54, 1.807) is 6.92 Å². The van der Waals surface area contributed by atoms with E-state index < -0.39 is 11.3 Å². The summed E-state index contributed by atoms with van der Waals surface area (Å²) in [4.78, 5) is 0. The molecule has 0 aliphatic rings. The molecular formula is C2H6NNaO2S. The molecule has 1 atom stereocenters. The van der Waals surface area contributed by atoms with Gasteiger partial charge in [0.25, 0.3) is 0 Å². The summed E-state index contributed by atoms with van der Waals surface area (Å²) in [6.07, 6.45) is 0. The fourth-order valence-corrected chi connectivity index (χ4v) is 0.354. The molecule has 0 saturated heterocycles. The van der Waals surface area contributed by atoms with Crippen molar-refractivity contribution in [3.8, 4) is 0 Å². The summed E-state index contributed by atoms with van der Waals surface area (Å²) in [7, 11) is 0. The topological polar surface area (TPSA) is 52.2 Å². The van der Waals surface area contributed by atoms with Gasteiger partial charge in [0.15, 0.2) is 0 Å². The zero-order valence-electron chi connectivity index (χ0n) is 4.43. The molecule has 0 aliphatic heterocycles. The van der Waals surface area contributed by atoms with Gasteiger partial charge >= 0.3 is 29.6 Å². The molecule has 0 fully saturated rings. The monoisotopic (exact) mass is 131 g/mol. The SMILES string of the molecule is CCNS(=O)[O-].[Na+]. The van der Waals surface area contributed by atoms with E-state index in [2.05, 4.69) is 4.72 Å². The zero-order valence-corrected chi connectivity index (χ0v) is 7.25. The Kier molecular flexibility index (Phi) is 11.1. The normalized spacial score (nSPS) is 12.3. The van der Waals surface area contributed by atoms with E-state index in [4.69, 9.17) is 0 Å². The minimum absolute atomic E-state index is 0. The molecule has 0 saturated carbocycles. The molecular weight excluding hydrogens is 125 g/mol. The summed E-state index contributed by atoms with van der Waals surface area (Å²) in [5.74, 6) is 0. The van der Waals surface area contributed by atoms with Crippen molar-refractivity contribution in [2.75, 3.05) is 6.54 Å². The van der Waals surface area contributed by atoms with Crippen LogP contribution in [0.2, 0.25) is 0 Å². The van der Waals surface area contributed by atoms with E-state index >= 15 is 0 Å². The van der Waals surface area contributed by atoms with Crippen LogP contribution in [0, 0.1) is 0 Å². The van der Waals surface area contributed by atoms with E-state index in [9.17, 15) is 8.76 Å². The average molecular weight is 131 g/mol. The van der Waals surface area contributed by atoms with Gasteiger partial charge in [0.1, 0.15) is 0 Å². The van der Waals surface area contributed by atoms with Crippen LogP contribution in [0.25, 0.3) is 0 Å². The van der Waals surface area contributed by atoms with Crippen molar-refractivity contribution in [3.63, 3.8) is 0 Å². The summed E-state index contributed by atoms with van der Waals surface area (Å²) in [6.45, 7) is 2.19. The van der Waals surface area contributed by atoms with Gasteiger partial charge in [-0.1, -0.05) is 6.92 Å². The third-order valence-electron chi connectivity index (χ3n) is 0.262. The van der Waals surface area contributed by atoms with Gasteiger partial charge in [-0.15, -0.1) is 0 Å². The Bertz CT molecular complexity index is 59.7. The van der Waals surface area contributed by atoms with Crippen LogP contribution < -0.4 is 34.3 Å². The fraction of sp³-hybridized carbons (Fsp3) is 1.00. The average Bonchev–Trinajstić information content (AvgIpc) is 1.35. The van der Waals surface area contributed by atoms with Crippen molar-refractivity contribution in [2.45, 2.75) is 6.92 Å².